The van der Waals surface area contributed by atoms with Gasteiger partial charge in [0.25, 0.3) is 10.0 Å². The summed E-state index contributed by atoms with van der Waals surface area (Å²) in [5.74, 6) is 0.940. The first-order valence-electron chi connectivity index (χ1n) is 8.86. The predicted molar refractivity (Wildman–Crippen MR) is 105 cm³/mol. The number of aryl methyl sites for hydroxylation is 1. The van der Waals surface area contributed by atoms with E-state index in [1.54, 1.807) is 31.2 Å². The van der Waals surface area contributed by atoms with Crippen LogP contribution in [0.4, 0.5) is 5.69 Å². The minimum Gasteiger partial charge on any atom is -0.497 e. The number of imidazole rings is 1. The SMILES string of the molecule is COc1cccc(S(=O)(=O)n2c(C)nc3c(N4CCNCC4)cccc32)c1. The van der Waals surface area contributed by atoms with Crippen LogP contribution in [0.1, 0.15) is 5.82 Å². The fourth-order valence-electron chi connectivity index (χ4n) is 3.51. The van der Waals surface area contributed by atoms with Gasteiger partial charge in [0, 0.05) is 32.2 Å². The zero-order valence-electron chi connectivity index (χ0n) is 15.3. The molecule has 2 aromatic carbocycles. The molecule has 1 N–H and O–H groups in total. The Hall–Kier alpha value is -2.58. The zero-order valence-corrected chi connectivity index (χ0v) is 16.2. The number of aromatic nitrogens is 2. The number of nitrogens with one attached hydrogen (secondary N) is 1. The molecule has 27 heavy (non-hydrogen) atoms. The van der Waals surface area contributed by atoms with Gasteiger partial charge in [-0.1, -0.05) is 12.1 Å². The summed E-state index contributed by atoms with van der Waals surface area (Å²) in [6.07, 6.45) is 0. The summed E-state index contributed by atoms with van der Waals surface area (Å²) in [6, 6.07) is 12.2. The number of rotatable bonds is 4. The van der Waals surface area contributed by atoms with Gasteiger partial charge in [0.15, 0.2) is 0 Å². The molecule has 1 fully saturated rings. The van der Waals surface area contributed by atoms with Crippen molar-refractivity contribution in [3.05, 3.63) is 48.3 Å². The number of piperazine rings is 1. The van der Waals surface area contributed by atoms with E-state index in [9.17, 15) is 8.42 Å². The van der Waals surface area contributed by atoms with E-state index in [1.165, 1.54) is 17.1 Å². The molecule has 1 saturated heterocycles. The normalized spacial score (nSPS) is 15.3. The Balaban J connectivity index is 1.88. The highest BCUT2D eigenvalue weighted by molar-refractivity contribution is 7.90. The highest BCUT2D eigenvalue weighted by atomic mass is 32.2. The average molecular weight is 386 g/mol. The van der Waals surface area contributed by atoms with E-state index < -0.39 is 10.0 Å². The number of para-hydroxylation sites is 1. The fraction of sp³-hybridized carbons (Fsp3) is 0.316. The van der Waals surface area contributed by atoms with Gasteiger partial charge in [-0.2, -0.15) is 0 Å². The van der Waals surface area contributed by atoms with E-state index in [0.717, 1.165) is 31.9 Å². The summed E-state index contributed by atoms with van der Waals surface area (Å²) in [5.41, 5.74) is 2.27. The number of ether oxygens (including phenoxy) is 1. The third kappa shape index (κ3) is 3.04. The van der Waals surface area contributed by atoms with Gasteiger partial charge < -0.3 is 15.0 Å². The fourth-order valence-corrected chi connectivity index (χ4v) is 5.03. The molecule has 8 heteroatoms. The molecule has 4 rings (SSSR count). The number of benzene rings is 2. The monoisotopic (exact) mass is 386 g/mol. The first kappa shape index (κ1) is 17.8. The lowest BCUT2D eigenvalue weighted by atomic mass is 10.2. The summed E-state index contributed by atoms with van der Waals surface area (Å²) in [5, 5.41) is 3.33. The molecule has 1 aliphatic rings. The van der Waals surface area contributed by atoms with Crippen LogP contribution in [0, 0.1) is 6.92 Å². The quantitative estimate of drug-likeness (QED) is 0.739. The summed E-state index contributed by atoms with van der Waals surface area (Å²) in [6.45, 7) is 5.26. The van der Waals surface area contributed by atoms with Crippen molar-refractivity contribution in [3.63, 3.8) is 0 Å². The second kappa shape index (κ2) is 6.86. The lowest BCUT2D eigenvalue weighted by Gasteiger charge is -2.29. The third-order valence-corrected chi connectivity index (χ3v) is 6.61. The van der Waals surface area contributed by atoms with Gasteiger partial charge in [-0.3, -0.25) is 0 Å². The molecule has 0 unspecified atom stereocenters. The van der Waals surface area contributed by atoms with Crippen LogP contribution in [0.3, 0.4) is 0 Å². The van der Waals surface area contributed by atoms with Crippen molar-refractivity contribution in [1.82, 2.24) is 14.3 Å². The maximum absolute atomic E-state index is 13.3. The molecule has 0 bridgehead atoms. The van der Waals surface area contributed by atoms with Gasteiger partial charge in [0.1, 0.15) is 17.1 Å². The van der Waals surface area contributed by atoms with Gasteiger partial charge in [0.05, 0.1) is 23.2 Å². The maximum Gasteiger partial charge on any atom is 0.269 e. The van der Waals surface area contributed by atoms with Gasteiger partial charge >= 0.3 is 0 Å². The Labute approximate surface area is 158 Å². The molecule has 1 aliphatic heterocycles. The number of hydrogen-bond donors (Lipinski definition) is 1. The third-order valence-electron chi connectivity index (χ3n) is 4.82. The van der Waals surface area contributed by atoms with E-state index in [4.69, 9.17) is 4.74 Å². The van der Waals surface area contributed by atoms with Crippen molar-refractivity contribution in [2.24, 2.45) is 0 Å². The van der Waals surface area contributed by atoms with Crippen LogP contribution in [0.25, 0.3) is 11.0 Å². The molecule has 142 valence electrons. The first-order valence-corrected chi connectivity index (χ1v) is 10.3. The Morgan fingerprint density at radius 3 is 2.59 bits per heavy atom. The van der Waals surface area contributed by atoms with Crippen LogP contribution in [-0.2, 0) is 10.0 Å². The van der Waals surface area contributed by atoms with E-state index >= 15 is 0 Å². The van der Waals surface area contributed by atoms with Crippen molar-refractivity contribution in [2.75, 3.05) is 38.2 Å². The smallest absolute Gasteiger partial charge is 0.269 e. The van der Waals surface area contributed by atoms with Gasteiger partial charge in [-0.25, -0.2) is 17.4 Å². The molecule has 2 heterocycles. The molecule has 0 amide bonds. The topological polar surface area (TPSA) is 76.5 Å². The van der Waals surface area contributed by atoms with Crippen LogP contribution in [0.2, 0.25) is 0 Å². The largest absolute Gasteiger partial charge is 0.497 e. The molecule has 0 spiro atoms. The van der Waals surface area contributed by atoms with E-state index in [2.05, 4.69) is 15.2 Å². The molecule has 0 radical (unpaired) electrons. The van der Waals surface area contributed by atoms with Crippen molar-refractivity contribution in [2.45, 2.75) is 11.8 Å². The van der Waals surface area contributed by atoms with Crippen LogP contribution >= 0.6 is 0 Å². The van der Waals surface area contributed by atoms with E-state index in [0.29, 0.717) is 22.6 Å². The number of anilines is 1. The van der Waals surface area contributed by atoms with Gasteiger partial charge in [-0.15, -0.1) is 0 Å². The number of methoxy groups -OCH3 is 1. The van der Waals surface area contributed by atoms with Crippen LogP contribution in [0.5, 0.6) is 5.75 Å². The second-order valence-electron chi connectivity index (χ2n) is 6.49. The highest BCUT2D eigenvalue weighted by Crippen LogP contribution is 2.30. The highest BCUT2D eigenvalue weighted by Gasteiger charge is 2.25. The van der Waals surface area contributed by atoms with Gasteiger partial charge in [-0.05, 0) is 31.2 Å². The molecule has 0 atom stereocenters. The number of nitrogens with zero attached hydrogens (tertiary/aromatic N) is 3. The predicted octanol–water partition coefficient (Wildman–Crippen LogP) is 2.00. The molecular weight excluding hydrogens is 364 g/mol. The van der Waals surface area contributed by atoms with Gasteiger partial charge in [0.2, 0.25) is 0 Å². The standard InChI is InChI=1S/C19H22N4O3S/c1-14-21-19-17(22-11-9-20-10-12-22)7-4-8-18(19)23(14)27(24,25)16-6-3-5-15(13-16)26-2/h3-8,13,20H,9-12H2,1-2H3. The lowest BCUT2D eigenvalue weighted by molar-refractivity contribution is 0.413. The Morgan fingerprint density at radius 2 is 1.85 bits per heavy atom. The zero-order chi connectivity index (χ0) is 19.0. The Morgan fingerprint density at radius 1 is 1.11 bits per heavy atom. The number of hydrogen-bond acceptors (Lipinski definition) is 6. The molecule has 7 nitrogen and oxygen atoms in total. The summed E-state index contributed by atoms with van der Waals surface area (Å²) in [4.78, 5) is 7.03. The first-order chi connectivity index (χ1) is 13.0. The van der Waals surface area contributed by atoms with Crippen molar-refractivity contribution in [3.8, 4) is 5.75 Å². The molecule has 0 aliphatic carbocycles. The summed E-state index contributed by atoms with van der Waals surface area (Å²) < 4.78 is 33.2. The minimum absolute atomic E-state index is 0.178. The number of fused-ring (bicyclic) bond motifs is 1. The molecule has 1 aromatic heterocycles. The summed E-state index contributed by atoms with van der Waals surface area (Å²) in [7, 11) is -2.27. The Bertz CT molecular complexity index is 1090. The van der Waals surface area contributed by atoms with Crippen molar-refractivity contribution < 1.29 is 13.2 Å². The van der Waals surface area contributed by atoms with E-state index in [1.807, 2.05) is 12.1 Å². The minimum atomic E-state index is -3.79. The molecular formula is C19H22N4O3S. The second-order valence-corrected chi connectivity index (χ2v) is 8.28. The van der Waals surface area contributed by atoms with Crippen molar-refractivity contribution in [1.29, 1.82) is 0 Å². The molecule has 0 saturated carbocycles. The lowest BCUT2D eigenvalue weighted by Crippen LogP contribution is -2.43. The maximum atomic E-state index is 13.3. The van der Waals surface area contributed by atoms with Crippen LogP contribution < -0.4 is 15.0 Å². The Kier molecular flexibility index (Phi) is 4.53. The molecule has 3 aromatic rings. The van der Waals surface area contributed by atoms with Crippen LogP contribution in [0.15, 0.2) is 47.4 Å². The van der Waals surface area contributed by atoms with Crippen LogP contribution in [-0.4, -0.2) is 50.7 Å². The summed E-state index contributed by atoms with van der Waals surface area (Å²) >= 11 is 0. The van der Waals surface area contributed by atoms with Crippen molar-refractivity contribution >= 4 is 26.7 Å². The van der Waals surface area contributed by atoms with E-state index in [-0.39, 0.29) is 4.90 Å². The average Bonchev–Trinajstić information content (AvgIpc) is 3.05.